The van der Waals surface area contributed by atoms with E-state index in [-0.39, 0.29) is 0 Å². The van der Waals surface area contributed by atoms with Gasteiger partial charge in [-0.1, -0.05) is 25.8 Å². The number of benzene rings is 1. The first-order valence-corrected chi connectivity index (χ1v) is 8.71. The second kappa shape index (κ2) is 6.93. The molecule has 0 aliphatic rings. The molecule has 0 radical (unpaired) electrons. The van der Waals surface area contributed by atoms with Crippen LogP contribution in [0.3, 0.4) is 0 Å². The van der Waals surface area contributed by atoms with Gasteiger partial charge in [-0.15, -0.1) is 11.3 Å². The van der Waals surface area contributed by atoms with Gasteiger partial charge in [-0.3, -0.25) is 0 Å². The van der Waals surface area contributed by atoms with Gasteiger partial charge in [0, 0.05) is 11.5 Å². The summed E-state index contributed by atoms with van der Waals surface area (Å²) >= 11 is 1.75. The standard InChI is InChI=1S/C19H21NOS/c1-3-4-5-7-15-12-14-9-10-16(21-2)13-17(14)20-19(15)18-8-6-11-22-18/h6,8-13H,3-5,7H2,1-2H3. The van der Waals surface area contributed by atoms with Crippen LogP contribution in [0.5, 0.6) is 5.75 Å². The van der Waals surface area contributed by atoms with Gasteiger partial charge in [0.15, 0.2) is 0 Å². The smallest absolute Gasteiger partial charge is 0.121 e. The predicted octanol–water partition coefficient (Wildman–Crippen LogP) is 5.70. The minimum Gasteiger partial charge on any atom is -0.497 e. The highest BCUT2D eigenvalue weighted by Crippen LogP contribution is 2.31. The van der Waals surface area contributed by atoms with Crippen LogP contribution in [0.15, 0.2) is 41.8 Å². The van der Waals surface area contributed by atoms with Crippen LogP contribution in [0.25, 0.3) is 21.5 Å². The molecule has 0 fully saturated rings. The highest BCUT2D eigenvalue weighted by Gasteiger charge is 2.10. The maximum Gasteiger partial charge on any atom is 0.121 e. The summed E-state index contributed by atoms with van der Waals surface area (Å²) in [6.07, 6.45) is 4.82. The third-order valence-electron chi connectivity index (χ3n) is 3.91. The van der Waals surface area contributed by atoms with Crippen molar-refractivity contribution in [2.45, 2.75) is 32.6 Å². The quantitative estimate of drug-likeness (QED) is 0.544. The van der Waals surface area contributed by atoms with Gasteiger partial charge in [-0.2, -0.15) is 0 Å². The minimum atomic E-state index is 0.857. The van der Waals surface area contributed by atoms with Gasteiger partial charge in [0.25, 0.3) is 0 Å². The van der Waals surface area contributed by atoms with Gasteiger partial charge < -0.3 is 4.74 Å². The predicted molar refractivity (Wildman–Crippen MR) is 94.8 cm³/mol. The fraction of sp³-hybridized carbons (Fsp3) is 0.316. The summed E-state index contributed by atoms with van der Waals surface area (Å²) in [5.74, 6) is 0.857. The maximum atomic E-state index is 5.33. The van der Waals surface area contributed by atoms with Crippen molar-refractivity contribution in [3.63, 3.8) is 0 Å². The van der Waals surface area contributed by atoms with E-state index in [0.29, 0.717) is 0 Å². The second-order valence-corrected chi connectivity index (χ2v) is 6.44. The summed E-state index contributed by atoms with van der Waals surface area (Å²) in [6, 6.07) is 12.7. The number of aryl methyl sites for hydroxylation is 1. The number of fused-ring (bicyclic) bond motifs is 1. The lowest BCUT2D eigenvalue weighted by Crippen LogP contribution is -1.95. The molecule has 2 nitrogen and oxygen atoms in total. The van der Waals surface area contributed by atoms with E-state index >= 15 is 0 Å². The molecule has 0 N–H and O–H groups in total. The second-order valence-electron chi connectivity index (χ2n) is 5.49. The molecular weight excluding hydrogens is 290 g/mol. The average Bonchev–Trinajstić information content (AvgIpc) is 3.08. The number of rotatable bonds is 6. The van der Waals surface area contributed by atoms with Crippen LogP contribution < -0.4 is 4.74 Å². The lowest BCUT2D eigenvalue weighted by atomic mass is 10.0. The normalized spacial score (nSPS) is 11.0. The molecule has 3 rings (SSSR count). The molecule has 0 unspecified atom stereocenters. The molecule has 0 amide bonds. The van der Waals surface area contributed by atoms with Crippen molar-refractivity contribution in [3.8, 4) is 16.3 Å². The summed E-state index contributed by atoms with van der Waals surface area (Å²) < 4.78 is 5.33. The van der Waals surface area contributed by atoms with E-state index in [1.54, 1.807) is 18.4 Å². The van der Waals surface area contributed by atoms with Crippen molar-refractivity contribution in [1.29, 1.82) is 0 Å². The number of pyridine rings is 1. The lowest BCUT2D eigenvalue weighted by molar-refractivity contribution is 0.415. The third kappa shape index (κ3) is 3.14. The molecule has 3 heteroatoms. The number of unbranched alkanes of at least 4 members (excludes halogenated alkanes) is 2. The van der Waals surface area contributed by atoms with Crippen LogP contribution in [0.2, 0.25) is 0 Å². The molecule has 22 heavy (non-hydrogen) atoms. The number of hydrogen-bond donors (Lipinski definition) is 0. The molecule has 2 heterocycles. The molecule has 0 atom stereocenters. The maximum absolute atomic E-state index is 5.33. The summed E-state index contributed by atoms with van der Waals surface area (Å²) in [6.45, 7) is 2.24. The SMILES string of the molecule is CCCCCc1cc2ccc(OC)cc2nc1-c1cccs1. The Hall–Kier alpha value is -1.87. The van der Waals surface area contributed by atoms with Crippen molar-refractivity contribution in [3.05, 3.63) is 47.3 Å². The van der Waals surface area contributed by atoms with Crippen LogP contribution in [0.1, 0.15) is 31.7 Å². The highest BCUT2D eigenvalue weighted by molar-refractivity contribution is 7.13. The molecular formula is C19H21NOS. The van der Waals surface area contributed by atoms with Crippen LogP contribution in [-0.2, 0) is 6.42 Å². The van der Waals surface area contributed by atoms with E-state index in [1.807, 2.05) is 12.1 Å². The highest BCUT2D eigenvalue weighted by atomic mass is 32.1. The Balaban J connectivity index is 2.08. The molecule has 0 bridgehead atoms. The fourth-order valence-electron chi connectivity index (χ4n) is 2.70. The molecule has 2 aromatic heterocycles. The zero-order valence-corrected chi connectivity index (χ0v) is 14.0. The van der Waals surface area contributed by atoms with Crippen molar-refractivity contribution < 1.29 is 4.74 Å². The Morgan fingerprint density at radius 1 is 1.14 bits per heavy atom. The monoisotopic (exact) mass is 311 g/mol. The average molecular weight is 311 g/mol. The van der Waals surface area contributed by atoms with E-state index in [1.165, 1.54) is 35.1 Å². The van der Waals surface area contributed by atoms with Gasteiger partial charge in [-0.25, -0.2) is 4.98 Å². The molecule has 0 aliphatic carbocycles. The van der Waals surface area contributed by atoms with Gasteiger partial charge in [-0.05, 0) is 48.1 Å². The summed E-state index contributed by atoms with van der Waals surface area (Å²) in [4.78, 5) is 6.18. The summed E-state index contributed by atoms with van der Waals surface area (Å²) in [7, 11) is 1.69. The first kappa shape index (κ1) is 15.0. The largest absolute Gasteiger partial charge is 0.497 e. The Bertz CT molecular complexity index is 749. The van der Waals surface area contributed by atoms with Gasteiger partial charge in [0.1, 0.15) is 5.75 Å². The Morgan fingerprint density at radius 3 is 2.77 bits per heavy atom. The van der Waals surface area contributed by atoms with Crippen molar-refractivity contribution in [2.75, 3.05) is 7.11 Å². The number of hydrogen-bond acceptors (Lipinski definition) is 3. The fourth-order valence-corrected chi connectivity index (χ4v) is 3.45. The molecule has 114 valence electrons. The molecule has 0 spiro atoms. The van der Waals surface area contributed by atoms with Crippen LogP contribution in [0.4, 0.5) is 0 Å². The van der Waals surface area contributed by atoms with E-state index in [2.05, 4.69) is 36.6 Å². The van der Waals surface area contributed by atoms with Crippen LogP contribution in [0, 0.1) is 0 Å². The molecule has 1 aromatic carbocycles. The van der Waals surface area contributed by atoms with Gasteiger partial charge in [0.2, 0.25) is 0 Å². The summed E-state index contributed by atoms with van der Waals surface area (Å²) in [5, 5.41) is 3.30. The zero-order valence-electron chi connectivity index (χ0n) is 13.1. The Labute approximate surface area is 135 Å². The number of ether oxygens (including phenoxy) is 1. The third-order valence-corrected chi connectivity index (χ3v) is 4.78. The minimum absolute atomic E-state index is 0.857. The van der Waals surface area contributed by atoms with E-state index < -0.39 is 0 Å². The van der Waals surface area contributed by atoms with E-state index in [4.69, 9.17) is 9.72 Å². The van der Waals surface area contributed by atoms with Gasteiger partial charge in [0.05, 0.1) is 23.2 Å². The molecule has 0 saturated carbocycles. The van der Waals surface area contributed by atoms with Crippen molar-refractivity contribution in [1.82, 2.24) is 4.98 Å². The lowest BCUT2D eigenvalue weighted by Gasteiger charge is -2.10. The van der Waals surface area contributed by atoms with Crippen LogP contribution in [-0.4, -0.2) is 12.1 Å². The number of thiophene rings is 1. The Kier molecular flexibility index (Phi) is 4.74. The summed E-state index contributed by atoms with van der Waals surface area (Å²) in [5.41, 5.74) is 3.49. The van der Waals surface area contributed by atoms with E-state index in [0.717, 1.165) is 23.4 Å². The van der Waals surface area contributed by atoms with Crippen LogP contribution >= 0.6 is 11.3 Å². The topological polar surface area (TPSA) is 22.1 Å². The molecule has 3 aromatic rings. The van der Waals surface area contributed by atoms with E-state index in [9.17, 15) is 0 Å². The zero-order chi connectivity index (χ0) is 15.4. The first-order chi connectivity index (χ1) is 10.8. The van der Waals surface area contributed by atoms with Gasteiger partial charge >= 0.3 is 0 Å². The van der Waals surface area contributed by atoms with Crippen molar-refractivity contribution >= 4 is 22.2 Å². The Morgan fingerprint density at radius 2 is 2.05 bits per heavy atom. The number of nitrogens with zero attached hydrogens (tertiary/aromatic N) is 1. The van der Waals surface area contributed by atoms with Crippen molar-refractivity contribution in [2.24, 2.45) is 0 Å². The first-order valence-electron chi connectivity index (χ1n) is 7.83. The number of aromatic nitrogens is 1. The molecule has 0 saturated heterocycles. The molecule has 0 aliphatic heterocycles. The number of methoxy groups -OCH3 is 1.